The van der Waals surface area contributed by atoms with Crippen LogP contribution in [0.5, 0.6) is 5.75 Å². The summed E-state index contributed by atoms with van der Waals surface area (Å²) in [6.45, 7) is 0.377. The predicted octanol–water partition coefficient (Wildman–Crippen LogP) is 4.87. The lowest BCUT2D eigenvalue weighted by molar-refractivity contribution is -0.122. The molecule has 3 aromatic carbocycles. The van der Waals surface area contributed by atoms with Gasteiger partial charge >= 0.3 is 0 Å². The Balaban J connectivity index is 1.26. The molecule has 1 atom stereocenters. The van der Waals surface area contributed by atoms with Gasteiger partial charge in [0.05, 0.1) is 6.21 Å². The Morgan fingerprint density at radius 2 is 1.79 bits per heavy atom. The van der Waals surface area contributed by atoms with E-state index in [0.717, 1.165) is 11.1 Å². The molecule has 1 fully saturated rings. The van der Waals surface area contributed by atoms with Crippen molar-refractivity contribution in [1.82, 2.24) is 5.32 Å². The Kier molecular flexibility index (Phi) is 7.95. The highest BCUT2D eigenvalue weighted by Crippen LogP contribution is 2.23. The fraction of sp³-hybridized carbons (Fsp3) is 0.120. The number of carbonyl (C=O) groups excluding carboxylic acids is 2. The van der Waals surface area contributed by atoms with E-state index in [9.17, 15) is 9.59 Å². The minimum absolute atomic E-state index is 0.0454. The van der Waals surface area contributed by atoms with E-state index in [1.54, 1.807) is 18.3 Å². The summed E-state index contributed by atoms with van der Waals surface area (Å²) < 4.78 is 5.77. The van der Waals surface area contributed by atoms with Crippen LogP contribution in [0.25, 0.3) is 0 Å². The largest absolute Gasteiger partial charge is 0.489 e. The van der Waals surface area contributed by atoms with Crippen LogP contribution >= 0.6 is 23.4 Å². The molecule has 1 aliphatic rings. The molecule has 1 saturated heterocycles. The molecule has 2 amide bonds. The molecule has 0 aromatic heterocycles. The van der Waals surface area contributed by atoms with Gasteiger partial charge in [0.25, 0.3) is 0 Å². The third-order valence-electron chi connectivity index (χ3n) is 4.79. The third kappa shape index (κ3) is 6.69. The van der Waals surface area contributed by atoms with Gasteiger partial charge in [-0.1, -0.05) is 59.8 Å². The van der Waals surface area contributed by atoms with E-state index in [-0.39, 0.29) is 18.2 Å². The highest BCUT2D eigenvalue weighted by molar-refractivity contribution is 8.15. The Morgan fingerprint density at radius 1 is 1.06 bits per heavy atom. The topological polar surface area (TPSA) is 92.2 Å². The maximum Gasteiger partial charge on any atom is 0.240 e. The summed E-state index contributed by atoms with van der Waals surface area (Å²) >= 11 is 7.33. The summed E-state index contributed by atoms with van der Waals surface area (Å²) in [6, 6.07) is 24.0. The molecule has 0 bridgehead atoms. The minimum atomic E-state index is -0.549. The molecule has 9 heteroatoms. The molecule has 1 unspecified atom stereocenters. The van der Waals surface area contributed by atoms with Crippen molar-refractivity contribution in [2.75, 3.05) is 5.32 Å². The van der Waals surface area contributed by atoms with Crippen LogP contribution in [0.1, 0.15) is 17.5 Å². The van der Waals surface area contributed by atoms with Crippen LogP contribution in [0.3, 0.4) is 0 Å². The number of para-hydroxylation sites is 1. The Hall–Kier alpha value is -3.62. The second-order valence-corrected chi connectivity index (χ2v) is 8.91. The number of benzene rings is 3. The maximum atomic E-state index is 12.2. The molecule has 4 rings (SSSR count). The molecule has 2 N–H and O–H groups in total. The van der Waals surface area contributed by atoms with Gasteiger partial charge < -0.3 is 15.4 Å². The zero-order chi connectivity index (χ0) is 23.8. The van der Waals surface area contributed by atoms with Gasteiger partial charge in [0.1, 0.15) is 17.6 Å². The number of anilines is 1. The smallest absolute Gasteiger partial charge is 0.240 e. The molecule has 172 valence electrons. The van der Waals surface area contributed by atoms with E-state index in [2.05, 4.69) is 20.8 Å². The number of amidine groups is 1. The van der Waals surface area contributed by atoms with Crippen LogP contribution in [0.15, 0.2) is 89.1 Å². The van der Waals surface area contributed by atoms with Gasteiger partial charge in [-0.25, -0.2) is 0 Å². The molecule has 34 heavy (non-hydrogen) atoms. The Morgan fingerprint density at radius 3 is 2.56 bits per heavy atom. The zero-order valence-corrected chi connectivity index (χ0v) is 19.6. The first-order valence-electron chi connectivity index (χ1n) is 10.5. The molecular weight excluding hydrogens is 472 g/mol. The van der Waals surface area contributed by atoms with Crippen molar-refractivity contribution in [2.45, 2.75) is 18.3 Å². The van der Waals surface area contributed by atoms with Gasteiger partial charge in [-0.05, 0) is 48.0 Å². The van der Waals surface area contributed by atoms with Crippen LogP contribution in [0.4, 0.5) is 5.69 Å². The Labute approximate surface area is 206 Å². The van der Waals surface area contributed by atoms with E-state index in [1.807, 2.05) is 66.7 Å². The second-order valence-electron chi connectivity index (χ2n) is 7.31. The lowest BCUT2D eigenvalue weighted by atomic mass is 10.2. The number of ether oxygens (including phenoxy) is 1. The van der Waals surface area contributed by atoms with E-state index in [4.69, 9.17) is 16.3 Å². The molecule has 1 aliphatic heterocycles. The Bertz CT molecular complexity index is 1220. The number of amides is 2. The molecular formula is C25H21ClN4O3S. The lowest BCUT2D eigenvalue weighted by Crippen LogP contribution is -2.28. The summed E-state index contributed by atoms with van der Waals surface area (Å²) in [4.78, 5) is 24.4. The van der Waals surface area contributed by atoms with E-state index < -0.39 is 5.25 Å². The van der Waals surface area contributed by atoms with Crippen LogP contribution in [0, 0.1) is 0 Å². The van der Waals surface area contributed by atoms with Crippen LogP contribution < -0.4 is 15.4 Å². The molecule has 1 heterocycles. The van der Waals surface area contributed by atoms with E-state index in [0.29, 0.717) is 28.2 Å². The van der Waals surface area contributed by atoms with Crippen LogP contribution in [-0.2, 0) is 16.2 Å². The third-order valence-corrected chi connectivity index (χ3v) is 6.23. The van der Waals surface area contributed by atoms with Gasteiger partial charge in [0.2, 0.25) is 11.8 Å². The van der Waals surface area contributed by atoms with Gasteiger partial charge in [-0.3, -0.25) is 9.59 Å². The standard InChI is InChI=1S/C25H21ClN4O3S/c26-21-9-5-4-6-18(21)16-33-20-12-10-17(11-13-20)15-27-30-25-29-24(32)22(34-25)14-23(31)28-19-7-2-1-3-8-19/h1-13,15,22H,14,16H2,(H,28,31)(H,29,30,32)/b27-15+. The number of nitrogens with one attached hydrogen (secondary N) is 2. The first-order valence-corrected chi connectivity index (χ1v) is 11.7. The fourth-order valence-electron chi connectivity index (χ4n) is 3.06. The monoisotopic (exact) mass is 492 g/mol. The number of nitrogens with zero attached hydrogens (tertiary/aromatic N) is 2. The molecule has 3 aromatic rings. The first-order chi connectivity index (χ1) is 16.6. The molecule has 0 spiro atoms. The fourth-order valence-corrected chi connectivity index (χ4v) is 4.18. The average molecular weight is 493 g/mol. The quantitative estimate of drug-likeness (QED) is 0.346. The number of hydrogen-bond donors (Lipinski definition) is 2. The highest BCUT2D eigenvalue weighted by Gasteiger charge is 2.32. The molecule has 7 nitrogen and oxygen atoms in total. The van der Waals surface area contributed by atoms with Gasteiger partial charge in [-0.15, -0.1) is 5.10 Å². The van der Waals surface area contributed by atoms with Crippen molar-refractivity contribution < 1.29 is 14.3 Å². The van der Waals surface area contributed by atoms with Gasteiger partial charge in [0, 0.05) is 22.7 Å². The van der Waals surface area contributed by atoms with Crippen LogP contribution in [-0.4, -0.2) is 28.4 Å². The van der Waals surface area contributed by atoms with Crippen molar-refractivity contribution in [2.24, 2.45) is 10.2 Å². The van der Waals surface area contributed by atoms with Crippen molar-refractivity contribution in [3.05, 3.63) is 95.0 Å². The second kappa shape index (κ2) is 11.5. The van der Waals surface area contributed by atoms with Crippen molar-refractivity contribution in [3.8, 4) is 5.75 Å². The van der Waals surface area contributed by atoms with Crippen LogP contribution in [0.2, 0.25) is 5.02 Å². The summed E-state index contributed by atoms with van der Waals surface area (Å²) in [6.07, 6.45) is 1.62. The van der Waals surface area contributed by atoms with E-state index >= 15 is 0 Å². The minimum Gasteiger partial charge on any atom is -0.489 e. The molecule has 0 radical (unpaired) electrons. The highest BCUT2D eigenvalue weighted by atomic mass is 35.5. The summed E-state index contributed by atoms with van der Waals surface area (Å²) in [5.41, 5.74) is 2.43. The van der Waals surface area contributed by atoms with Gasteiger partial charge in [0.15, 0.2) is 5.17 Å². The maximum absolute atomic E-state index is 12.2. The number of rotatable bonds is 8. The zero-order valence-electron chi connectivity index (χ0n) is 18.0. The predicted molar refractivity (Wildman–Crippen MR) is 136 cm³/mol. The average Bonchev–Trinajstić information content (AvgIpc) is 3.18. The number of halogens is 1. The molecule has 0 aliphatic carbocycles. The summed E-state index contributed by atoms with van der Waals surface area (Å²) in [7, 11) is 0. The normalized spacial score (nSPS) is 16.6. The van der Waals surface area contributed by atoms with E-state index in [1.165, 1.54) is 11.8 Å². The van der Waals surface area contributed by atoms with Gasteiger partial charge in [-0.2, -0.15) is 5.10 Å². The molecule has 0 saturated carbocycles. The number of thioether (sulfide) groups is 1. The van der Waals surface area contributed by atoms with Crippen molar-refractivity contribution in [1.29, 1.82) is 0 Å². The number of hydrogen-bond acceptors (Lipinski definition) is 6. The summed E-state index contributed by atoms with van der Waals surface area (Å²) in [5.74, 6) is 0.209. The van der Waals surface area contributed by atoms with Crippen molar-refractivity contribution in [3.63, 3.8) is 0 Å². The first kappa shape index (κ1) is 23.5. The number of carbonyl (C=O) groups is 2. The SMILES string of the molecule is O=C(CC1S/C(=N/N=C/c2ccc(OCc3ccccc3Cl)cc2)NC1=O)Nc1ccccc1. The lowest BCUT2D eigenvalue weighted by Gasteiger charge is -2.07. The summed E-state index contributed by atoms with van der Waals surface area (Å²) in [5, 5.41) is 14.0. The van der Waals surface area contributed by atoms with Crippen molar-refractivity contribution >= 4 is 52.2 Å².